The van der Waals surface area contributed by atoms with Crippen LogP contribution in [0.25, 0.3) is 0 Å². The number of aliphatic carboxylic acids is 1. The van der Waals surface area contributed by atoms with E-state index < -0.39 is 5.97 Å². The first-order valence-electron chi connectivity index (χ1n) is 7.06. The van der Waals surface area contributed by atoms with Crippen molar-refractivity contribution in [1.29, 1.82) is 0 Å². The summed E-state index contributed by atoms with van der Waals surface area (Å²) >= 11 is 0. The topological polar surface area (TPSA) is 58.4 Å². The van der Waals surface area contributed by atoms with Gasteiger partial charge in [0.15, 0.2) is 0 Å². The molecule has 0 saturated heterocycles. The molecule has 2 rings (SSSR count). The molecule has 0 aliphatic heterocycles. The Hall–Kier alpha value is -1.36. The molecule has 0 radical (unpaired) electrons. The summed E-state index contributed by atoms with van der Waals surface area (Å²) in [6.45, 7) is 4.92. The fourth-order valence-electron chi connectivity index (χ4n) is 2.71. The number of nitrogens with zero attached hydrogens (tertiary/aromatic N) is 3. The van der Waals surface area contributed by atoms with E-state index in [4.69, 9.17) is 5.11 Å². The third-order valence-electron chi connectivity index (χ3n) is 3.74. The Balaban J connectivity index is 2.03. The summed E-state index contributed by atoms with van der Waals surface area (Å²) < 4.78 is 1.92. The molecule has 1 aliphatic rings. The Kier molecular flexibility index (Phi) is 4.58. The lowest BCUT2D eigenvalue weighted by molar-refractivity contribution is -0.139. The Bertz CT molecular complexity index is 422. The van der Waals surface area contributed by atoms with Crippen molar-refractivity contribution in [2.24, 2.45) is 0 Å². The fourth-order valence-corrected chi connectivity index (χ4v) is 2.71. The van der Waals surface area contributed by atoms with Crippen molar-refractivity contribution >= 4 is 5.97 Å². The standard InChI is InChI=1S/C14H23N3O2/c1-11(2)17-8-7-12(15-17)9-16(10-14(18)19)13-5-3-4-6-13/h7-8,11,13H,3-6,9-10H2,1-2H3,(H,18,19). The van der Waals surface area contributed by atoms with Gasteiger partial charge in [-0.3, -0.25) is 14.4 Å². The van der Waals surface area contributed by atoms with Crippen LogP contribution in [0.4, 0.5) is 0 Å². The second-order valence-electron chi connectivity index (χ2n) is 5.62. The van der Waals surface area contributed by atoms with E-state index in [9.17, 15) is 4.79 Å². The minimum atomic E-state index is -0.754. The minimum Gasteiger partial charge on any atom is -0.480 e. The Morgan fingerprint density at radius 3 is 2.74 bits per heavy atom. The molecule has 1 aliphatic carbocycles. The first-order chi connectivity index (χ1) is 9.06. The highest BCUT2D eigenvalue weighted by atomic mass is 16.4. The molecule has 0 unspecified atom stereocenters. The van der Waals surface area contributed by atoms with Gasteiger partial charge in [0.25, 0.3) is 0 Å². The Morgan fingerprint density at radius 2 is 2.21 bits per heavy atom. The van der Waals surface area contributed by atoms with Crippen LogP contribution in [0, 0.1) is 0 Å². The van der Waals surface area contributed by atoms with Crippen LogP contribution in [0.3, 0.4) is 0 Å². The minimum absolute atomic E-state index is 0.110. The van der Waals surface area contributed by atoms with Crippen molar-refractivity contribution in [3.8, 4) is 0 Å². The summed E-state index contributed by atoms with van der Waals surface area (Å²) in [6.07, 6.45) is 6.60. The van der Waals surface area contributed by atoms with E-state index in [2.05, 4.69) is 23.8 Å². The summed E-state index contributed by atoms with van der Waals surface area (Å²) in [7, 11) is 0. The molecule has 19 heavy (non-hydrogen) atoms. The van der Waals surface area contributed by atoms with Gasteiger partial charge in [-0.15, -0.1) is 0 Å². The highest BCUT2D eigenvalue weighted by Crippen LogP contribution is 2.24. The van der Waals surface area contributed by atoms with Gasteiger partial charge in [-0.25, -0.2) is 0 Å². The molecule has 0 amide bonds. The highest BCUT2D eigenvalue weighted by Gasteiger charge is 2.25. The third-order valence-corrected chi connectivity index (χ3v) is 3.74. The average Bonchev–Trinajstić information content (AvgIpc) is 2.98. The fraction of sp³-hybridized carbons (Fsp3) is 0.714. The van der Waals surface area contributed by atoms with Crippen LogP contribution < -0.4 is 0 Å². The predicted octanol–water partition coefficient (Wildman–Crippen LogP) is 2.29. The lowest BCUT2D eigenvalue weighted by atomic mass is 10.2. The number of hydrogen-bond acceptors (Lipinski definition) is 3. The van der Waals surface area contributed by atoms with Crippen molar-refractivity contribution < 1.29 is 9.90 Å². The van der Waals surface area contributed by atoms with Crippen molar-refractivity contribution in [3.63, 3.8) is 0 Å². The largest absolute Gasteiger partial charge is 0.480 e. The maximum Gasteiger partial charge on any atom is 0.317 e. The molecule has 1 N–H and O–H groups in total. The van der Waals surface area contributed by atoms with E-state index in [0.29, 0.717) is 18.6 Å². The third kappa shape index (κ3) is 3.80. The maximum atomic E-state index is 11.0. The van der Waals surface area contributed by atoms with Crippen LogP contribution >= 0.6 is 0 Å². The second-order valence-corrected chi connectivity index (χ2v) is 5.62. The molecule has 5 nitrogen and oxygen atoms in total. The van der Waals surface area contributed by atoms with Gasteiger partial charge in [-0.2, -0.15) is 5.10 Å². The molecule has 0 spiro atoms. The quantitative estimate of drug-likeness (QED) is 0.857. The predicted molar refractivity (Wildman–Crippen MR) is 72.9 cm³/mol. The van der Waals surface area contributed by atoms with Crippen LogP contribution in [0.2, 0.25) is 0 Å². The number of aromatic nitrogens is 2. The summed E-state index contributed by atoms with van der Waals surface area (Å²) in [5.41, 5.74) is 0.960. The molecular weight excluding hydrogens is 242 g/mol. The molecule has 1 aromatic heterocycles. The second kappa shape index (κ2) is 6.19. The normalized spacial score (nSPS) is 16.6. The van der Waals surface area contributed by atoms with E-state index in [-0.39, 0.29) is 6.54 Å². The number of carboxylic acid groups (broad SMARTS) is 1. The van der Waals surface area contributed by atoms with Crippen molar-refractivity contribution in [1.82, 2.24) is 14.7 Å². The molecule has 1 heterocycles. The molecule has 5 heteroatoms. The van der Waals surface area contributed by atoms with Crippen LogP contribution in [0.15, 0.2) is 12.3 Å². The molecule has 1 aromatic rings. The van der Waals surface area contributed by atoms with E-state index in [1.807, 2.05) is 16.9 Å². The number of hydrogen-bond donors (Lipinski definition) is 1. The van der Waals surface area contributed by atoms with E-state index >= 15 is 0 Å². The summed E-state index contributed by atoms with van der Waals surface area (Å²) in [5.74, 6) is -0.754. The van der Waals surface area contributed by atoms with Gasteiger partial charge in [0.2, 0.25) is 0 Å². The first-order valence-corrected chi connectivity index (χ1v) is 7.06. The summed E-state index contributed by atoms with van der Waals surface area (Å²) in [6, 6.07) is 2.73. The Labute approximate surface area is 114 Å². The van der Waals surface area contributed by atoms with Gasteiger partial charge < -0.3 is 5.11 Å². The van der Waals surface area contributed by atoms with Gasteiger partial charge in [0.05, 0.1) is 12.2 Å². The van der Waals surface area contributed by atoms with Gasteiger partial charge in [-0.1, -0.05) is 12.8 Å². The lowest BCUT2D eigenvalue weighted by Crippen LogP contribution is -2.37. The maximum absolute atomic E-state index is 11.0. The van der Waals surface area contributed by atoms with Crippen LogP contribution in [0.5, 0.6) is 0 Å². The molecule has 1 saturated carbocycles. The average molecular weight is 265 g/mol. The Morgan fingerprint density at radius 1 is 1.53 bits per heavy atom. The summed E-state index contributed by atoms with van der Waals surface area (Å²) in [4.78, 5) is 13.1. The molecule has 1 fully saturated rings. The number of rotatable bonds is 6. The zero-order chi connectivity index (χ0) is 13.8. The molecule has 0 aromatic carbocycles. The van der Waals surface area contributed by atoms with Crippen molar-refractivity contribution in [3.05, 3.63) is 18.0 Å². The van der Waals surface area contributed by atoms with Crippen LogP contribution in [-0.4, -0.2) is 38.3 Å². The monoisotopic (exact) mass is 265 g/mol. The summed E-state index contributed by atoms with van der Waals surface area (Å²) in [5, 5.41) is 13.6. The number of carboxylic acids is 1. The molecule has 0 bridgehead atoms. The smallest absolute Gasteiger partial charge is 0.317 e. The van der Waals surface area contributed by atoms with Crippen LogP contribution in [0.1, 0.15) is 51.3 Å². The van der Waals surface area contributed by atoms with Crippen molar-refractivity contribution in [2.45, 2.75) is 58.2 Å². The van der Waals surface area contributed by atoms with Gasteiger partial charge in [0, 0.05) is 24.8 Å². The van der Waals surface area contributed by atoms with Gasteiger partial charge in [0.1, 0.15) is 0 Å². The SMILES string of the molecule is CC(C)n1ccc(CN(CC(=O)O)C2CCCC2)n1. The van der Waals surface area contributed by atoms with E-state index in [0.717, 1.165) is 18.5 Å². The van der Waals surface area contributed by atoms with E-state index in [1.165, 1.54) is 12.8 Å². The van der Waals surface area contributed by atoms with E-state index in [1.54, 1.807) is 0 Å². The van der Waals surface area contributed by atoms with Crippen LogP contribution in [-0.2, 0) is 11.3 Å². The molecular formula is C14H23N3O2. The molecule has 106 valence electrons. The lowest BCUT2D eigenvalue weighted by Gasteiger charge is -2.26. The van der Waals surface area contributed by atoms with Crippen molar-refractivity contribution in [2.75, 3.05) is 6.54 Å². The first kappa shape index (κ1) is 14.1. The zero-order valence-electron chi connectivity index (χ0n) is 11.7. The van der Waals surface area contributed by atoms with Gasteiger partial charge >= 0.3 is 5.97 Å². The molecule has 0 atom stereocenters. The highest BCUT2D eigenvalue weighted by molar-refractivity contribution is 5.69. The number of carbonyl (C=O) groups is 1. The van der Waals surface area contributed by atoms with Gasteiger partial charge in [-0.05, 0) is 32.8 Å². The zero-order valence-corrected chi connectivity index (χ0v) is 11.7.